The zero-order chi connectivity index (χ0) is 18.0. The Bertz CT molecular complexity index is 840. The molecule has 0 radical (unpaired) electrons. The highest BCUT2D eigenvalue weighted by atomic mass is 32.2. The van der Waals surface area contributed by atoms with Crippen LogP contribution in [0.5, 0.6) is 5.75 Å². The van der Waals surface area contributed by atoms with E-state index in [-0.39, 0.29) is 10.6 Å². The van der Waals surface area contributed by atoms with Gasteiger partial charge in [-0.15, -0.1) is 0 Å². The van der Waals surface area contributed by atoms with Crippen molar-refractivity contribution in [1.29, 1.82) is 0 Å². The van der Waals surface area contributed by atoms with Crippen molar-refractivity contribution >= 4 is 21.8 Å². The number of nitrogens with one attached hydrogen (secondary N) is 1. The molecule has 1 aromatic heterocycles. The Morgan fingerprint density at radius 3 is 2.21 bits per heavy atom. The molecule has 8 nitrogen and oxygen atoms in total. The first kappa shape index (κ1) is 17.5. The van der Waals surface area contributed by atoms with Crippen LogP contribution in [-0.2, 0) is 24.2 Å². The second kappa shape index (κ2) is 6.36. The Morgan fingerprint density at radius 2 is 1.79 bits per heavy atom. The van der Waals surface area contributed by atoms with Gasteiger partial charge in [0.2, 0.25) is 14.6 Å². The number of hydrogen-bond acceptors (Lipinski definition) is 5. The van der Waals surface area contributed by atoms with Gasteiger partial charge in [-0.3, -0.25) is 9.59 Å². The standard InChI is InChI=1S/C15H15NO7S/c1-23-10-4-6-11(7-5-10)24(21,22)15(14(19)20,9-13(17)18)12-3-2-8-16-12/h2-8,16H,9H2,1H3,(H,17,18)(H,19,20). The summed E-state index contributed by atoms with van der Waals surface area (Å²) in [6.45, 7) is 0. The number of H-pyrrole nitrogens is 1. The summed E-state index contributed by atoms with van der Waals surface area (Å²) in [7, 11) is -3.17. The molecule has 0 aliphatic rings. The topological polar surface area (TPSA) is 134 Å². The van der Waals surface area contributed by atoms with Gasteiger partial charge in [-0.2, -0.15) is 0 Å². The van der Waals surface area contributed by atoms with Crippen LogP contribution in [0.3, 0.4) is 0 Å². The average molecular weight is 353 g/mol. The van der Waals surface area contributed by atoms with Crippen LogP contribution < -0.4 is 4.74 Å². The zero-order valence-electron chi connectivity index (χ0n) is 12.6. The number of hydrogen-bond donors (Lipinski definition) is 3. The van der Waals surface area contributed by atoms with E-state index in [0.717, 1.165) is 0 Å². The minimum atomic E-state index is -4.57. The maximum absolute atomic E-state index is 13.0. The second-order valence-corrected chi connectivity index (χ2v) is 7.14. The first-order valence-electron chi connectivity index (χ1n) is 6.73. The molecular formula is C15H15NO7S. The van der Waals surface area contributed by atoms with Crippen molar-refractivity contribution in [2.45, 2.75) is 16.1 Å². The Morgan fingerprint density at radius 1 is 1.17 bits per heavy atom. The Kier molecular flexibility index (Phi) is 4.65. The fraction of sp³-hybridized carbons (Fsp3) is 0.200. The third-order valence-corrected chi connectivity index (χ3v) is 5.96. The molecule has 0 aliphatic carbocycles. The maximum atomic E-state index is 13.0. The van der Waals surface area contributed by atoms with Gasteiger partial charge in [0.1, 0.15) is 5.75 Å². The normalized spacial score (nSPS) is 13.9. The molecule has 0 bridgehead atoms. The summed E-state index contributed by atoms with van der Waals surface area (Å²) < 4.78 is 28.3. The van der Waals surface area contributed by atoms with Crippen LogP contribution >= 0.6 is 0 Å². The first-order chi connectivity index (χ1) is 11.3. The summed E-state index contributed by atoms with van der Waals surface area (Å²) >= 11 is 0. The summed E-state index contributed by atoms with van der Waals surface area (Å²) in [5.74, 6) is -2.94. The number of methoxy groups -OCH3 is 1. The predicted octanol–water partition coefficient (Wildman–Crippen LogP) is 1.25. The van der Waals surface area contributed by atoms with E-state index in [0.29, 0.717) is 5.75 Å². The largest absolute Gasteiger partial charge is 0.497 e. The van der Waals surface area contributed by atoms with Crippen LogP contribution in [-0.4, -0.2) is 42.7 Å². The lowest BCUT2D eigenvalue weighted by Gasteiger charge is -2.27. The molecule has 2 aromatic rings. The molecule has 1 aromatic carbocycles. The number of carboxylic acids is 2. The molecule has 0 spiro atoms. The molecule has 0 saturated heterocycles. The molecule has 1 atom stereocenters. The fourth-order valence-electron chi connectivity index (χ4n) is 2.39. The fourth-order valence-corrected chi connectivity index (χ4v) is 4.25. The van der Waals surface area contributed by atoms with E-state index >= 15 is 0 Å². The number of aromatic amines is 1. The van der Waals surface area contributed by atoms with Crippen LogP contribution in [0.1, 0.15) is 12.1 Å². The van der Waals surface area contributed by atoms with E-state index < -0.39 is 32.9 Å². The lowest BCUT2D eigenvalue weighted by Crippen LogP contribution is -2.45. The molecule has 2 rings (SSSR count). The van der Waals surface area contributed by atoms with Gasteiger partial charge in [0.05, 0.1) is 18.4 Å². The Hall–Kier alpha value is -2.81. The summed E-state index contributed by atoms with van der Waals surface area (Å²) in [6.07, 6.45) is 0.204. The van der Waals surface area contributed by atoms with Gasteiger partial charge in [0.25, 0.3) is 0 Å². The summed E-state index contributed by atoms with van der Waals surface area (Å²) in [4.78, 5) is 25.3. The third-order valence-electron chi connectivity index (χ3n) is 3.61. The lowest BCUT2D eigenvalue weighted by atomic mass is 10.0. The predicted molar refractivity (Wildman–Crippen MR) is 82.5 cm³/mol. The molecule has 24 heavy (non-hydrogen) atoms. The Labute approximate surface area is 137 Å². The van der Waals surface area contributed by atoms with Crippen LogP contribution in [0, 0.1) is 0 Å². The van der Waals surface area contributed by atoms with E-state index in [1.165, 1.54) is 49.7 Å². The number of carboxylic acid groups (broad SMARTS) is 2. The smallest absolute Gasteiger partial charge is 0.332 e. The Balaban J connectivity index is 2.73. The maximum Gasteiger partial charge on any atom is 0.332 e. The van der Waals surface area contributed by atoms with Crippen molar-refractivity contribution in [3.05, 3.63) is 48.3 Å². The molecule has 0 aliphatic heterocycles. The number of aliphatic carboxylic acids is 2. The third kappa shape index (κ3) is 2.73. The summed E-state index contributed by atoms with van der Waals surface area (Å²) in [5.41, 5.74) is -0.229. The lowest BCUT2D eigenvalue weighted by molar-refractivity contribution is -0.147. The average Bonchev–Trinajstić information content (AvgIpc) is 3.06. The molecule has 1 unspecified atom stereocenters. The van der Waals surface area contributed by atoms with Gasteiger partial charge in [0, 0.05) is 11.9 Å². The molecule has 9 heteroatoms. The quantitative estimate of drug-likeness (QED) is 0.682. The summed E-state index contributed by atoms with van der Waals surface area (Å²) in [6, 6.07) is 7.70. The van der Waals surface area contributed by atoms with Crippen molar-refractivity contribution < 1.29 is 33.0 Å². The number of rotatable bonds is 7. The second-order valence-electron chi connectivity index (χ2n) is 4.97. The van der Waals surface area contributed by atoms with Crippen molar-refractivity contribution in [3.63, 3.8) is 0 Å². The van der Waals surface area contributed by atoms with Crippen molar-refractivity contribution in [2.75, 3.05) is 7.11 Å². The first-order valence-corrected chi connectivity index (χ1v) is 8.22. The van der Waals surface area contributed by atoms with Gasteiger partial charge in [0.15, 0.2) is 0 Å². The number of ether oxygens (including phenoxy) is 1. The van der Waals surface area contributed by atoms with Crippen LogP contribution in [0.4, 0.5) is 0 Å². The van der Waals surface area contributed by atoms with E-state index in [1.807, 2.05) is 0 Å². The van der Waals surface area contributed by atoms with Gasteiger partial charge in [-0.25, -0.2) is 8.42 Å². The van der Waals surface area contributed by atoms with E-state index in [9.17, 15) is 23.1 Å². The van der Waals surface area contributed by atoms with Crippen molar-refractivity contribution in [3.8, 4) is 5.75 Å². The van der Waals surface area contributed by atoms with Gasteiger partial charge in [-0.1, -0.05) is 0 Å². The number of aromatic nitrogens is 1. The molecule has 1 heterocycles. The zero-order valence-corrected chi connectivity index (χ0v) is 13.4. The number of sulfone groups is 1. The molecule has 3 N–H and O–H groups in total. The minimum Gasteiger partial charge on any atom is -0.497 e. The van der Waals surface area contributed by atoms with E-state index in [2.05, 4.69) is 4.98 Å². The summed E-state index contributed by atoms with van der Waals surface area (Å²) in [5, 5.41) is 18.8. The molecule has 0 amide bonds. The van der Waals surface area contributed by atoms with Crippen molar-refractivity contribution in [1.82, 2.24) is 4.98 Å². The van der Waals surface area contributed by atoms with Gasteiger partial charge in [-0.05, 0) is 36.4 Å². The highest BCUT2D eigenvalue weighted by Gasteiger charge is 2.55. The number of benzene rings is 1. The molecule has 128 valence electrons. The van der Waals surface area contributed by atoms with Crippen LogP contribution in [0.2, 0.25) is 0 Å². The highest BCUT2D eigenvalue weighted by Crippen LogP contribution is 2.39. The molecule has 0 fully saturated rings. The molecular weight excluding hydrogens is 338 g/mol. The highest BCUT2D eigenvalue weighted by molar-refractivity contribution is 7.93. The van der Waals surface area contributed by atoms with Crippen molar-refractivity contribution in [2.24, 2.45) is 0 Å². The van der Waals surface area contributed by atoms with E-state index in [4.69, 9.17) is 9.84 Å². The van der Waals surface area contributed by atoms with E-state index in [1.54, 1.807) is 0 Å². The van der Waals surface area contributed by atoms with Crippen LogP contribution in [0.15, 0.2) is 47.5 Å². The van der Waals surface area contributed by atoms with Gasteiger partial charge >= 0.3 is 11.9 Å². The SMILES string of the molecule is COc1ccc(S(=O)(=O)C(CC(=O)O)(C(=O)O)c2ccc[nH]2)cc1. The minimum absolute atomic E-state index is 0.229. The monoisotopic (exact) mass is 353 g/mol. The number of carbonyl (C=O) groups is 2. The van der Waals surface area contributed by atoms with Gasteiger partial charge < -0.3 is 19.9 Å². The van der Waals surface area contributed by atoms with Crippen LogP contribution in [0.25, 0.3) is 0 Å². The molecule has 0 saturated carbocycles.